The van der Waals surface area contributed by atoms with Gasteiger partial charge in [-0.05, 0) is 42.5 Å². The zero-order chi connectivity index (χ0) is 18.0. The first-order valence-corrected chi connectivity index (χ1v) is 9.50. The summed E-state index contributed by atoms with van der Waals surface area (Å²) >= 11 is 5.87. The fourth-order valence-corrected chi connectivity index (χ4v) is 4.41. The van der Waals surface area contributed by atoms with Crippen molar-refractivity contribution in [1.82, 2.24) is 9.21 Å². The first-order chi connectivity index (χ1) is 11.9. The summed E-state index contributed by atoms with van der Waals surface area (Å²) in [5.74, 6) is -0.645. The normalized spacial score (nSPS) is 16.0. The smallest absolute Gasteiger partial charge is 0.253 e. The molecule has 3 rings (SSSR count). The van der Waals surface area contributed by atoms with Gasteiger partial charge in [0.05, 0.1) is 4.90 Å². The highest BCUT2D eigenvalue weighted by Gasteiger charge is 2.30. The highest BCUT2D eigenvalue weighted by atomic mass is 35.5. The molecule has 0 aromatic heterocycles. The van der Waals surface area contributed by atoms with Gasteiger partial charge in [0, 0.05) is 36.8 Å². The SMILES string of the molecule is O=C(c1ccc(F)cc1)N1CCN(S(=O)(=O)c2cccc(Cl)c2)CC1. The van der Waals surface area contributed by atoms with Gasteiger partial charge in [0.25, 0.3) is 5.91 Å². The second-order valence-corrected chi connectivity index (χ2v) is 8.03. The lowest BCUT2D eigenvalue weighted by atomic mass is 10.2. The van der Waals surface area contributed by atoms with Gasteiger partial charge in [-0.25, -0.2) is 12.8 Å². The molecule has 0 bridgehead atoms. The van der Waals surface area contributed by atoms with E-state index >= 15 is 0 Å². The van der Waals surface area contributed by atoms with Gasteiger partial charge in [-0.2, -0.15) is 4.31 Å². The van der Waals surface area contributed by atoms with Crippen molar-refractivity contribution in [2.75, 3.05) is 26.2 Å². The molecular weight excluding hydrogens is 367 g/mol. The van der Waals surface area contributed by atoms with E-state index in [0.29, 0.717) is 10.6 Å². The van der Waals surface area contributed by atoms with E-state index in [2.05, 4.69) is 0 Å². The Kier molecular flexibility index (Phi) is 5.08. The molecule has 1 aliphatic heterocycles. The number of nitrogens with zero attached hydrogens (tertiary/aromatic N) is 2. The average Bonchev–Trinajstić information content (AvgIpc) is 2.62. The fourth-order valence-electron chi connectivity index (χ4n) is 2.68. The van der Waals surface area contributed by atoms with E-state index in [1.54, 1.807) is 17.0 Å². The van der Waals surface area contributed by atoms with Gasteiger partial charge < -0.3 is 4.90 Å². The molecule has 1 heterocycles. The number of hydrogen-bond donors (Lipinski definition) is 0. The molecule has 0 unspecified atom stereocenters. The Morgan fingerprint density at radius 3 is 2.24 bits per heavy atom. The van der Waals surface area contributed by atoms with Crippen LogP contribution in [0.4, 0.5) is 4.39 Å². The summed E-state index contributed by atoms with van der Waals surface area (Å²) in [6.07, 6.45) is 0. The third-order valence-electron chi connectivity index (χ3n) is 4.05. The quantitative estimate of drug-likeness (QED) is 0.820. The van der Waals surface area contributed by atoms with Crippen molar-refractivity contribution >= 4 is 27.5 Å². The van der Waals surface area contributed by atoms with Crippen LogP contribution in [0.15, 0.2) is 53.4 Å². The van der Waals surface area contributed by atoms with Crippen LogP contribution in [-0.2, 0) is 10.0 Å². The standard InChI is InChI=1S/C17H16ClFN2O3S/c18-14-2-1-3-16(12-14)25(23,24)21-10-8-20(9-11-21)17(22)13-4-6-15(19)7-5-13/h1-7,12H,8-11H2. The van der Waals surface area contributed by atoms with Gasteiger partial charge in [-0.3, -0.25) is 4.79 Å². The Hall–Kier alpha value is -1.96. The lowest BCUT2D eigenvalue weighted by molar-refractivity contribution is 0.0698. The first-order valence-electron chi connectivity index (χ1n) is 7.68. The zero-order valence-corrected chi connectivity index (χ0v) is 14.8. The molecule has 132 valence electrons. The van der Waals surface area contributed by atoms with Crippen LogP contribution in [0.1, 0.15) is 10.4 Å². The molecule has 0 aliphatic carbocycles. The van der Waals surface area contributed by atoms with Crippen LogP contribution in [0, 0.1) is 5.82 Å². The molecule has 0 atom stereocenters. The third kappa shape index (κ3) is 3.84. The Bertz CT molecular complexity index is 879. The summed E-state index contributed by atoms with van der Waals surface area (Å²) < 4.78 is 39.6. The second-order valence-electron chi connectivity index (χ2n) is 5.66. The minimum Gasteiger partial charge on any atom is -0.336 e. The van der Waals surface area contributed by atoms with Crippen molar-refractivity contribution in [1.29, 1.82) is 0 Å². The highest BCUT2D eigenvalue weighted by Crippen LogP contribution is 2.21. The van der Waals surface area contributed by atoms with Crippen molar-refractivity contribution in [2.45, 2.75) is 4.90 Å². The van der Waals surface area contributed by atoms with E-state index in [9.17, 15) is 17.6 Å². The summed E-state index contributed by atoms with van der Waals surface area (Å²) in [5.41, 5.74) is 0.382. The van der Waals surface area contributed by atoms with E-state index in [4.69, 9.17) is 11.6 Å². The molecule has 1 saturated heterocycles. The predicted octanol–water partition coefficient (Wildman–Crippen LogP) is 2.63. The topological polar surface area (TPSA) is 57.7 Å². The van der Waals surface area contributed by atoms with Gasteiger partial charge in [0.2, 0.25) is 10.0 Å². The monoisotopic (exact) mass is 382 g/mol. The van der Waals surface area contributed by atoms with Gasteiger partial charge in [0.1, 0.15) is 5.82 Å². The van der Waals surface area contributed by atoms with Crippen LogP contribution in [0.5, 0.6) is 0 Å². The number of rotatable bonds is 3. The maximum atomic E-state index is 13.0. The van der Waals surface area contributed by atoms with Crippen LogP contribution in [0.2, 0.25) is 5.02 Å². The Morgan fingerprint density at radius 1 is 1.00 bits per heavy atom. The van der Waals surface area contributed by atoms with Gasteiger partial charge in [-0.1, -0.05) is 17.7 Å². The minimum absolute atomic E-state index is 0.137. The highest BCUT2D eigenvalue weighted by molar-refractivity contribution is 7.89. The fraction of sp³-hybridized carbons (Fsp3) is 0.235. The molecule has 1 amide bonds. The van der Waals surface area contributed by atoms with Crippen molar-refractivity contribution < 1.29 is 17.6 Å². The average molecular weight is 383 g/mol. The number of carbonyl (C=O) groups is 1. The predicted molar refractivity (Wildman–Crippen MR) is 92.5 cm³/mol. The summed E-state index contributed by atoms with van der Waals surface area (Å²) in [6, 6.07) is 11.4. The summed E-state index contributed by atoms with van der Waals surface area (Å²) in [5, 5.41) is 0.353. The summed E-state index contributed by atoms with van der Waals surface area (Å²) in [4.78, 5) is 14.1. The van der Waals surface area contributed by atoms with Crippen molar-refractivity contribution in [3.63, 3.8) is 0 Å². The van der Waals surface area contributed by atoms with Crippen LogP contribution in [0.25, 0.3) is 0 Å². The number of hydrogen-bond acceptors (Lipinski definition) is 3. The van der Waals surface area contributed by atoms with E-state index in [0.717, 1.165) is 0 Å². The van der Waals surface area contributed by atoms with Crippen molar-refractivity contribution in [3.05, 3.63) is 64.9 Å². The lowest BCUT2D eigenvalue weighted by Crippen LogP contribution is -2.50. The number of piperazine rings is 1. The lowest BCUT2D eigenvalue weighted by Gasteiger charge is -2.34. The molecule has 5 nitrogen and oxygen atoms in total. The first kappa shape index (κ1) is 17.8. The van der Waals surface area contributed by atoms with Gasteiger partial charge >= 0.3 is 0 Å². The van der Waals surface area contributed by atoms with E-state index < -0.39 is 15.8 Å². The van der Waals surface area contributed by atoms with Gasteiger partial charge in [-0.15, -0.1) is 0 Å². The Labute approximate surface area is 150 Å². The minimum atomic E-state index is -3.64. The number of sulfonamides is 1. The largest absolute Gasteiger partial charge is 0.336 e. The number of halogens is 2. The number of benzene rings is 2. The molecule has 0 radical (unpaired) electrons. The summed E-state index contributed by atoms with van der Waals surface area (Å²) in [7, 11) is -3.64. The second kappa shape index (κ2) is 7.11. The van der Waals surface area contributed by atoms with Crippen LogP contribution >= 0.6 is 11.6 Å². The van der Waals surface area contributed by atoms with Crippen molar-refractivity contribution in [3.8, 4) is 0 Å². The molecular formula is C17H16ClFN2O3S. The molecule has 2 aromatic carbocycles. The van der Waals surface area contributed by atoms with Crippen molar-refractivity contribution in [2.24, 2.45) is 0 Å². The number of amides is 1. The summed E-state index contributed by atoms with van der Waals surface area (Å²) in [6.45, 7) is 0.940. The van der Waals surface area contributed by atoms with E-state index in [-0.39, 0.29) is 37.0 Å². The molecule has 0 spiro atoms. The van der Waals surface area contributed by atoms with Gasteiger partial charge in [0.15, 0.2) is 0 Å². The molecule has 8 heteroatoms. The van der Waals surface area contributed by atoms with Crippen LogP contribution in [0.3, 0.4) is 0 Å². The number of carbonyl (C=O) groups excluding carboxylic acids is 1. The zero-order valence-electron chi connectivity index (χ0n) is 13.2. The Morgan fingerprint density at radius 2 is 1.64 bits per heavy atom. The molecule has 1 aliphatic rings. The molecule has 0 saturated carbocycles. The van der Waals surface area contributed by atoms with Crippen LogP contribution in [-0.4, -0.2) is 49.7 Å². The molecule has 0 N–H and O–H groups in total. The molecule has 1 fully saturated rings. The van der Waals surface area contributed by atoms with E-state index in [1.165, 1.54) is 40.7 Å². The maximum Gasteiger partial charge on any atom is 0.253 e. The van der Waals surface area contributed by atoms with Crippen LogP contribution < -0.4 is 0 Å². The van der Waals surface area contributed by atoms with E-state index in [1.807, 2.05) is 0 Å². The Balaban J connectivity index is 1.69. The maximum absolute atomic E-state index is 13.0. The molecule has 25 heavy (non-hydrogen) atoms. The molecule has 2 aromatic rings. The third-order valence-corrected chi connectivity index (χ3v) is 6.18.